The highest BCUT2D eigenvalue weighted by atomic mass is 16.5. The van der Waals surface area contributed by atoms with Crippen LogP contribution in [0.15, 0.2) is 30.3 Å². The van der Waals surface area contributed by atoms with E-state index in [4.69, 9.17) is 10.5 Å². The summed E-state index contributed by atoms with van der Waals surface area (Å²) in [6, 6.07) is 9.33. The van der Waals surface area contributed by atoms with Crippen LogP contribution in [0.5, 0.6) is 5.75 Å². The van der Waals surface area contributed by atoms with Crippen molar-refractivity contribution in [1.29, 1.82) is 0 Å². The zero-order chi connectivity index (χ0) is 19.0. The molecule has 1 amide bonds. The Kier molecular flexibility index (Phi) is 4.31. The number of nitrogens with two attached hydrogens (primary N) is 1. The average molecular weight is 366 g/mol. The number of anilines is 3. The van der Waals surface area contributed by atoms with Crippen LogP contribution in [-0.4, -0.2) is 34.2 Å². The van der Waals surface area contributed by atoms with Crippen LogP contribution in [-0.2, 0) is 0 Å². The van der Waals surface area contributed by atoms with E-state index in [0.29, 0.717) is 28.8 Å². The lowest BCUT2D eigenvalue weighted by Gasteiger charge is -2.09. The molecule has 2 heterocycles. The number of aryl methyl sites for hydroxylation is 1. The lowest BCUT2D eigenvalue weighted by molar-refractivity contribution is 0.100. The van der Waals surface area contributed by atoms with Gasteiger partial charge in [-0.05, 0) is 37.8 Å². The highest BCUT2D eigenvalue weighted by molar-refractivity contribution is 6.04. The number of nitrogens with one attached hydrogen (secondary N) is 2. The molecule has 0 aliphatic heterocycles. The van der Waals surface area contributed by atoms with E-state index in [2.05, 4.69) is 20.7 Å². The molecule has 4 rings (SSSR count). The molecular formula is C19H22N6O2. The van der Waals surface area contributed by atoms with Gasteiger partial charge in [-0.25, -0.2) is 4.98 Å². The lowest BCUT2D eigenvalue weighted by atomic mass is 10.2. The number of nitrogens with zero attached hydrogens (tertiary/aromatic N) is 3. The molecule has 8 heteroatoms. The molecule has 4 N–H and O–H groups in total. The number of para-hydroxylation sites is 2. The molecule has 0 unspecified atom stereocenters. The molecule has 1 fully saturated rings. The number of carbonyl (C=O) groups is 1. The molecule has 0 saturated heterocycles. The maximum absolute atomic E-state index is 12.2. The van der Waals surface area contributed by atoms with E-state index in [1.165, 1.54) is 12.8 Å². The Morgan fingerprint density at radius 1 is 1.37 bits per heavy atom. The van der Waals surface area contributed by atoms with Crippen LogP contribution in [0.25, 0.3) is 5.65 Å². The van der Waals surface area contributed by atoms with E-state index < -0.39 is 5.91 Å². The zero-order valence-corrected chi connectivity index (χ0v) is 15.3. The second kappa shape index (κ2) is 6.79. The summed E-state index contributed by atoms with van der Waals surface area (Å²) in [4.78, 5) is 16.7. The van der Waals surface area contributed by atoms with Crippen LogP contribution < -0.4 is 21.1 Å². The number of ether oxygens (including phenoxy) is 1. The van der Waals surface area contributed by atoms with Gasteiger partial charge in [0.15, 0.2) is 11.5 Å². The van der Waals surface area contributed by atoms with Crippen LogP contribution in [0.1, 0.15) is 28.9 Å². The molecular weight excluding hydrogens is 344 g/mol. The van der Waals surface area contributed by atoms with Gasteiger partial charge in [0.05, 0.1) is 12.8 Å². The van der Waals surface area contributed by atoms with E-state index in [-0.39, 0.29) is 5.56 Å². The molecule has 0 atom stereocenters. The van der Waals surface area contributed by atoms with E-state index in [0.717, 1.165) is 18.1 Å². The van der Waals surface area contributed by atoms with Gasteiger partial charge in [0.1, 0.15) is 17.1 Å². The zero-order valence-electron chi connectivity index (χ0n) is 15.3. The molecule has 1 aliphatic rings. The quantitative estimate of drug-likeness (QED) is 0.593. The molecule has 0 spiro atoms. The van der Waals surface area contributed by atoms with Crippen molar-refractivity contribution in [3.05, 3.63) is 41.6 Å². The summed E-state index contributed by atoms with van der Waals surface area (Å²) in [7, 11) is 1.59. The first-order valence-electron chi connectivity index (χ1n) is 8.91. The fourth-order valence-corrected chi connectivity index (χ4v) is 3.03. The number of benzene rings is 1. The second-order valence-corrected chi connectivity index (χ2v) is 6.76. The predicted octanol–water partition coefficient (Wildman–Crippen LogP) is 2.71. The summed E-state index contributed by atoms with van der Waals surface area (Å²) in [6.45, 7) is 2.76. The number of fused-ring (bicyclic) bond motifs is 1. The molecule has 1 aliphatic carbocycles. The maximum atomic E-state index is 12.2. The van der Waals surface area contributed by atoms with E-state index in [9.17, 15) is 4.79 Å². The lowest BCUT2D eigenvalue weighted by Crippen LogP contribution is -2.14. The Hall–Kier alpha value is -3.29. The monoisotopic (exact) mass is 366 g/mol. The number of amides is 1. The van der Waals surface area contributed by atoms with Crippen molar-refractivity contribution in [2.24, 2.45) is 11.7 Å². The van der Waals surface area contributed by atoms with E-state index in [1.54, 1.807) is 11.6 Å². The van der Waals surface area contributed by atoms with Gasteiger partial charge in [0.25, 0.3) is 5.91 Å². The minimum absolute atomic E-state index is 0.249. The van der Waals surface area contributed by atoms with Crippen molar-refractivity contribution in [3.63, 3.8) is 0 Å². The van der Waals surface area contributed by atoms with Crippen molar-refractivity contribution in [3.8, 4) is 5.75 Å². The number of hydrogen-bond acceptors (Lipinski definition) is 6. The first-order valence-corrected chi connectivity index (χ1v) is 8.91. The van der Waals surface area contributed by atoms with Gasteiger partial charge in [-0.1, -0.05) is 12.1 Å². The molecule has 0 bridgehead atoms. The first-order chi connectivity index (χ1) is 13.1. The van der Waals surface area contributed by atoms with Crippen LogP contribution in [0, 0.1) is 12.8 Å². The van der Waals surface area contributed by atoms with Crippen LogP contribution in [0.3, 0.4) is 0 Å². The fourth-order valence-electron chi connectivity index (χ4n) is 3.03. The number of carbonyl (C=O) groups excluding carboxylic acids is 1. The summed E-state index contributed by atoms with van der Waals surface area (Å²) in [6.07, 6.45) is 2.49. The van der Waals surface area contributed by atoms with Crippen molar-refractivity contribution in [2.75, 3.05) is 24.3 Å². The summed E-state index contributed by atoms with van der Waals surface area (Å²) in [5.41, 5.74) is 7.81. The second-order valence-electron chi connectivity index (χ2n) is 6.76. The topological polar surface area (TPSA) is 107 Å². The number of aromatic nitrogens is 3. The highest BCUT2D eigenvalue weighted by Crippen LogP contribution is 2.31. The van der Waals surface area contributed by atoms with Gasteiger partial charge in [-0.3, -0.25) is 4.79 Å². The Balaban J connectivity index is 1.80. The van der Waals surface area contributed by atoms with Gasteiger partial charge in [0.2, 0.25) is 0 Å². The Morgan fingerprint density at radius 3 is 2.85 bits per heavy atom. The first kappa shape index (κ1) is 17.1. The van der Waals surface area contributed by atoms with E-state index >= 15 is 0 Å². The predicted molar refractivity (Wildman–Crippen MR) is 104 cm³/mol. The Labute approximate surface area is 156 Å². The normalized spacial score (nSPS) is 13.6. The molecule has 2 aromatic heterocycles. The molecule has 0 radical (unpaired) electrons. The average Bonchev–Trinajstić information content (AvgIpc) is 3.40. The molecule has 140 valence electrons. The molecule has 3 aromatic rings. The molecule has 1 saturated carbocycles. The number of hydrogen-bond donors (Lipinski definition) is 3. The molecule has 27 heavy (non-hydrogen) atoms. The molecule has 1 aromatic carbocycles. The third-order valence-electron chi connectivity index (χ3n) is 4.59. The molecule has 8 nitrogen and oxygen atoms in total. The minimum atomic E-state index is -0.589. The summed E-state index contributed by atoms with van der Waals surface area (Å²) in [5.74, 6) is 1.89. The Bertz CT molecular complexity index is 1010. The largest absolute Gasteiger partial charge is 0.495 e. The van der Waals surface area contributed by atoms with Gasteiger partial charge in [0, 0.05) is 18.3 Å². The van der Waals surface area contributed by atoms with Gasteiger partial charge in [-0.2, -0.15) is 4.52 Å². The van der Waals surface area contributed by atoms with Crippen molar-refractivity contribution in [1.82, 2.24) is 14.6 Å². The standard InChI is InChI=1S/C19H22N6O2/c1-11-9-15(21-10-12-7-8-12)25-19(22-11)16(17(20)26)18(24-25)23-13-5-3-4-6-14(13)27-2/h3-6,9,12,21H,7-8,10H2,1-2H3,(H2,20,26)(H,23,24). The summed E-state index contributed by atoms with van der Waals surface area (Å²) < 4.78 is 7.00. The van der Waals surface area contributed by atoms with Gasteiger partial charge < -0.3 is 21.1 Å². The minimum Gasteiger partial charge on any atom is -0.495 e. The number of primary amides is 1. The summed E-state index contributed by atoms with van der Waals surface area (Å²) in [5, 5.41) is 11.1. The van der Waals surface area contributed by atoms with E-state index in [1.807, 2.05) is 37.3 Å². The van der Waals surface area contributed by atoms with Crippen molar-refractivity contribution >= 4 is 28.9 Å². The van der Waals surface area contributed by atoms with Gasteiger partial charge in [-0.15, -0.1) is 5.10 Å². The van der Waals surface area contributed by atoms with Crippen molar-refractivity contribution < 1.29 is 9.53 Å². The van der Waals surface area contributed by atoms with Crippen LogP contribution >= 0.6 is 0 Å². The van der Waals surface area contributed by atoms with Gasteiger partial charge >= 0.3 is 0 Å². The summed E-state index contributed by atoms with van der Waals surface area (Å²) >= 11 is 0. The highest BCUT2D eigenvalue weighted by Gasteiger charge is 2.24. The van der Waals surface area contributed by atoms with Crippen molar-refractivity contribution in [2.45, 2.75) is 19.8 Å². The number of methoxy groups -OCH3 is 1. The third kappa shape index (κ3) is 3.38. The number of rotatable bonds is 7. The smallest absolute Gasteiger partial charge is 0.256 e. The third-order valence-corrected chi connectivity index (χ3v) is 4.59. The SMILES string of the molecule is COc1ccccc1Nc1nn2c(NCC3CC3)cc(C)nc2c1C(N)=O. The van der Waals surface area contributed by atoms with Crippen LogP contribution in [0.4, 0.5) is 17.3 Å². The fraction of sp³-hybridized carbons (Fsp3) is 0.316. The Morgan fingerprint density at radius 2 is 2.15 bits per heavy atom. The van der Waals surface area contributed by atoms with Crippen LogP contribution in [0.2, 0.25) is 0 Å². The maximum Gasteiger partial charge on any atom is 0.256 e.